The number of hydrogen-bond acceptors (Lipinski definition) is 6. The van der Waals surface area contributed by atoms with Crippen LogP contribution in [0.15, 0.2) is 53.3 Å². The molecule has 0 bridgehead atoms. The van der Waals surface area contributed by atoms with Crippen LogP contribution < -0.4 is 5.56 Å². The summed E-state index contributed by atoms with van der Waals surface area (Å²) in [5.74, 6) is -1.65. The molecule has 0 saturated carbocycles. The van der Waals surface area contributed by atoms with Crippen LogP contribution in [0.3, 0.4) is 0 Å². The molecular formula is C30H31ClN4O6. The molecule has 11 heteroatoms. The molecule has 0 radical (unpaired) electrons. The number of unbranched alkanes of at least 4 members (excludes halogenated alkanes) is 1. The van der Waals surface area contributed by atoms with Gasteiger partial charge in [-0.2, -0.15) is 0 Å². The normalized spacial score (nSPS) is 20.1. The molecule has 0 aliphatic carbocycles. The number of carbonyl (C=O) groups excluding carboxylic acids is 2. The molecule has 2 aliphatic heterocycles. The second-order valence-electron chi connectivity index (χ2n) is 10.6. The Labute approximate surface area is 241 Å². The summed E-state index contributed by atoms with van der Waals surface area (Å²) in [6, 6.07) is 11.6. The van der Waals surface area contributed by atoms with Gasteiger partial charge in [0.25, 0.3) is 11.5 Å². The molecule has 2 aliphatic rings. The van der Waals surface area contributed by atoms with Crippen molar-refractivity contribution >= 4 is 29.4 Å². The number of nitrogens with zero attached hydrogens (tertiary/aromatic N) is 3. The van der Waals surface area contributed by atoms with Crippen LogP contribution in [-0.2, 0) is 11.3 Å². The average Bonchev–Trinajstić information content (AvgIpc) is 3.37. The van der Waals surface area contributed by atoms with E-state index in [0.29, 0.717) is 28.6 Å². The third-order valence-corrected chi connectivity index (χ3v) is 8.02. The largest absolute Gasteiger partial charge is 0.478 e. The molecular weight excluding hydrogens is 548 g/mol. The number of β-amino-alcohol motifs (C(OH)–C–C–N with tert-alkyl or cyclic N) is 1. The fourth-order valence-corrected chi connectivity index (χ4v) is 5.73. The second-order valence-corrected chi connectivity index (χ2v) is 11.0. The van der Waals surface area contributed by atoms with E-state index in [9.17, 15) is 24.3 Å². The number of aliphatic hydroxyl groups is 1. The number of aromatic nitrogens is 2. The summed E-state index contributed by atoms with van der Waals surface area (Å²) in [5, 5.41) is 20.2. The lowest BCUT2D eigenvalue weighted by Crippen LogP contribution is -2.50. The van der Waals surface area contributed by atoms with E-state index in [1.165, 1.54) is 29.2 Å². The maximum atomic E-state index is 13.9. The van der Waals surface area contributed by atoms with Gasteiger partial charge >= 0.3 is 5.97 Å². The lowest BCUT2D eigenvalue weighted by molar-refractivity contribution is -0.136. The van der Waals surface area contributed by atoms with Gasteiger partial charge < -0.3 is 25.0 Å². The Morgan fingerprint density at radius 1 is 1.05 bits per heavy atom. The molecule has 214 valence electrons. The minimum atomic E-state index is -1.11. The minimum absolute atomic E-state index is 0.0216. The Bertz CT molecular complexity index is 1520. The van der Waals surface area contributed by atoms with Gasteiger partial charge in [-0.3, -0.25) is 14.4 Å². The highest BCUT2D eigenvalue weighted by Gasteiger charge is 2.43. The number of H-pyrrole nitrogens is 1. The zero-order valence-electron chi connectivity index (χ0n) is 22.5. The number of amides is 2. The predicted molar refractivity (Wildman–Crippen MR) is 152 cm³/mol. The number of carbonyl (C=O) groups is 3. The van der Waals surface area contributed by atoms with Gasteiger partial charge in [-0.1, -0.05) is 31.4 Å². The number of halogens is 1. The lowest BCUT2D eigenvalue weighted by atomic mass is 9.90. The molecule has 1 saturated heterocycles. The number of aromatic carboxylic acids is 1. The number of carboxylic acids is 1. The van der Waals surface area contributed by atoms with E-state index in [-0.39, 0.29) is 48.0 Å². The first-order chi connectivity index (χ1) is 19.7. The maximum absolute atomic E-state index is 13.9. The summed E-state index contributed by atoms with van der Waals surface area (Å²) in [5.41, 5.74) is 1.77. The fraction of sp³-hybridized carbons (Fsp3) is 0.367. The Kier molecular flexibility index (Phi) is 8.23. The zero-order valence-corrected chi connectivity index (χ0v) is 23.3. The highest BCUT2D eigenvalue weighted by atomic mass is 35.5. The fourth-order valence-electron chi connectivity index (χ4n) is 5.61. The third-order valence-electron chi connectivity index (χ3n) is 7.76. The molecule has 3 aromatic rings. The summed E-state index contributed by atoms with van der Waals surface area (Å²) in [6.45, 7) is 2.43. The summed E-state index contributed by atoms with van der Waals surface area (Å²) in [7, 11) is 0. The molecule has 1 fully saturated rings. The van der Waals surface area contributed by atoms with Crippen LogP contribution >= 0.6 is 11.6 Å². The number of hydrogen-bond donors (Lipinski definition) is 3. The molecule has 41 heavy (non-hydrogen) atoms. The van der Waals surface area contributed by atoms with Gasteiger partial charge in [-0.05, 0) is 55.0 Å². The monoisotopic (exact) mass is 578 g/mol. The van der Waals surface area contributed by atoms with Crippen LogP contribution in [-0.4, -0.2) is 73.0 Å². The van der Waals surface area contributed by atoms with Crippen LogP contribution in [0.25, 0.3) is 11.4 Å². The molecule has 1 unspecified atom stereocenters. The van der Waals surface area contributed by atoms with E-state index in [4.69, 9.17) is 21.7 Å². The third kappa shape index (κ3) is 5.89. The van der Waals surface area contributed by atoms with Crippen LogP contribution in [0, 0.1) is 0 Å². The highest BCUT2D eigenvalue weighted by molar-refractivity contribution is 6.30. The molecule has 2 amide bonds. The molecule has 5 rings (SSSR count). The van der Waals surface area contributed by atoms with E-state index < -0.39 is 24.0 Å². The molecule has 3 N–H and O–H groups in total. The van der Waals surface area contributed by atoms with Gasteiger partial charge in [-0.15, -0.1) is 0 Å². The smallest absolute Gasteiger partial charge is 0.335 e. The van der Waals surface area contributed by atoms with E-state index in [2.05, 4.69) is 11.9 Å². The van der Waals surface area contributed by atoms with Crippen LogP contribution in [0.5, 0.6) is 0 Å². The quantitative estimate of drug-likeness (QED) is 0.388. The van der Waals surface area contributed by atoms with Gasteiger partial charge in [0.15, 0.2) is 0 Å². The van der Waals surface area contributed by atoms with E-state index in [1.54, 1.807) is 29.2 Å². The number of benzene rings is 2. The van der Waals surface area contributed by atoms with E-state index in [1.807, 2.05) is 0 Å². The SMILES string of the molecule is CCCCC1CN(C(=O)[C@@H]2C[C@@H](O)CN2C(=O)c2ccc(C(=O)O)cc2)Cc2c1nc(-c1ccc(Cl)cc1)[nH]c2=O. The Hall–Kier alpha value is -4.02. The van der Waals surface area contributed by atoms with Gasteiger partial charge in [0, 0.05) is 41.6 Å². The topological polar surface area (TPSA) is 144 Å². The summed E-state index contributed by atoms with van der Waals surface area (Å²) in [6.07, 6.45) is 1.74. The first-order valence-corrected chi connectivity index (χ1v) is 14.0. The Morgan fingerprint density at radius 2 is 1.73 bits per heavy atom. The first kappa shape index (κ1) is 28.5. The number of likely N-dealkylation sites (tertiary alicyclic amines) is 1. The van der Waals surface area contributed by atoms with Gasteiger partial charge in [0.2, 0.25) is 5.91 Å². The zero-order chi connectivity index (χ0) is 29.3. The van der Waals surface area contributed by atoms with Crippen molar-refractivity contribution < 1.29 is 24.6 Å². The number of fused-ring (bicyclic) bond motifs is 1. The number of aliphatic hydroxyl groups excluding tert-OH is 1. The minimum Gasteiger partial charge on any atom is -0.478 e. The summed E-state index contributed by atoms with van der Waals surface area (Å²) < 4.78 is 0. The van der Waals surface area contributed by atoms with E-state index >= 15 is 0 Å². The Balaban J connectivity index is 1.43. The molecule has 1 aromatic heterocycles. The molecule has 3 atom stereocenters. The number of rotatable bonds is 7. The van der Waals surface area contributed by atoms with Crippen LogP contribution in [0.2, 0.25) is 5.02 Å². The van der Waals surface area contributed by atoms with Gasteiger partial charge in [0.1, 0.15) is 11.9 Å². The first-order valence-electron chi connectivity index (χ1n) is 13.7. The summed E-state index contributed by atoms with van der Waals surface area (Å²) >= 11 is 6.03. The van der Waals surface area contributed by atoms with E-state index in [0.717, 1.165) is 24.8 Å². The lowest BCUT2D eigenvalue weighted by Gasteiger charge is -2.36. The standard InChI is InChI=1S/C30H31ClN4O6/c1-2-3-4-20-14-34(16-23-25(20)32-26(33-27(23)37)17-9-11-21(31)12-10-17)29(39)24-13-22(36)15-35(24)28(38)18-5-7-19(8-6-18)30(40)41/h5-12,20,22,24,36H,2-4,13-16H2,1H3,(H,40,41)(H,32,33,37)/t20?,22-,24+/m1/s1. The van der Waals surface area contributed by atoms with Crippen molar-refractivity contribution in [2.24, 2.45) is 0 Å². The molecule has 2 aromatic carbocycles. The van der Waals surface area contributed by atoms with Crippen molar-refractivity contribution in [2.75, 3.05) is 13.1 Å². The van der Waals surface area contributed by atoms with Crippen molar-refractivity contribution in [1.29, 1.82) is 0 Å². The maximum Gasteiger partial charge on any atom is 0.335 e. The average molecular weight is 579 g/mol. The number of carboxylic acid groups (broad SMARTS) is 1. The predicted octanol–water partition coefficient (Wildman–Crippen LogP) is 3.68. The van der Waals surface area contributed by atoms with Gasteiger partial charge in [0.05, 0.1) is 29.5 Å². The number of aromatic amines is 1. The molecule has 10 nitrogen and oxygen atoms in total. The molecule has 0 spiro atoms. The van der Waals surface area contributed by atoms with Crippen molar-refractivity contribution in [1.82, 2.24) is 19.8 Å². The van der Waals surface area contributed by atoms with Gasteiger partial charge in [-0.25, -0.2) is 9.78 Å². The van der Waals surface area contributed by atoms with Crippen molar-refractivity contribution in [3.05, 3.63) is 86.3 Å². The van der Waals surface area contributed by atoms with Crippen LogP contribution in [0.1, 0.15) is 70.5 Å². The number of nitrogens with one attached hydrogen (secondary N) is 1. The van der Waals surface area contributed by atoms with Crippen LogP contribution in [0.4, 0.5) is 0 Å². The summed E-state index contributed by atoms with van der Waals surface area (Å²) in [4.78, 5) is 62.4. The highest BCUT2D eigenvalue weighted by Crippen LogP contribution is 2.32. The Morgan fingerprint density at radius 3 is 2.39 bits per heavy atom. The second kappa shape index (κ2) is 11.8. The van der Waals surface area contributed by atoms with Crippen molar-refractivity contribution in [3.8, 4) is 11.4 Å². The van der Waals surface area contributed by atoms with Crippen molar-refractivity contribution in [3.63, 3.8) is 0 Å². The molecule has 3 heterocycles. The van der Waals surface area contributed by atoms with Crippen molar-refractivity contribution in [2.45, 2.75) is 57.2 Å².